The van der Waals surface area contributed by atoms with E-state index in [0.717, 1.165) is 0 Å². The Kier molecular flexibility index (Phi) is 6.24. The summed E-state index contributed by atoms with van der Waals surface area (Å²) < 4.78 is 0.635. The van der Waals surface area contributed by atoms with E-state index in [-0.39, 0.29) is 11.8 Å². The van der Waals surface area contributed by atoms with Crippen LogP contribution in [0.2, 0.25) is 0 Å². The van der Waals surface area contributed by atoms with Crippen LogP contribution < -0.4 is 11.1 Å². The topological polar surface area (TPSA) is 72.2 Å². The molecular weight excluding hydrogens is 260 g/mol. The zero-order chi connectivity index (χ0) is 12.0. The third-order valence-corrected chi connectivity index (χ3v) is 2.02. The second-order valence-electron chi connectivity index (χ2n) is 3.84. The highest BCUT2D eigenvalue weighted by Gasteiger charge is 2.18. The van der Waals surface area contributed by atoms with Gasteiger partial charge in [-0.1, -0.05) is 36.4 Å². The molecule has 0 radical (unpaired) electrons. The van der Waals surface area contributed by atoms with Crippen molar-refractivity contribution >= 4 is 27.7 Å². The summed E-state index contributed by atoms with van der Waals surface area (Å²) in [7, 11) is 0. The molecular formula is C10H17BrN2O2. The number of nitrogens with one attached hydrogen (secondary N) is 1. The number of halogens is 1. The van der Waals surface area contributed by atoms with E-state index in [0.29, 0.717) is 17.3 Å². The van der Waals surface area contributed by atoms with Crippen LogP contribution in [0.15, 0.2) is 11.1 Å². The van der Waals surface area contributed by atoms with Crippen molar-refractivity contribution in [2.45, 2.75) is 32.7 Å². The van der Waals surface area contributed by atoms with Crippen molar-refractivity contribution in [2.75, 3.05) is 0 Å². The molecule has 0 rings (SSSR count). The number of primary amides is 1. The Morgan fingerprint density at radius 1 is 1.40 bits per heavy atom. The summed E-state index contributed by atoms with van der Waals surface area (Å²) in [6.45, 7) is 7.47. The molecule has 4 nitrogen and oxygen atoms in total. The Hall–Kier alpha value is -0.840. The van der Waals surface area contributed by atoms with Crippen LogP contribution in [-0.4, -0.2) is 17.9 Å². The molecule has 86 valence electrons. The fraction of sp³-hybridized carbons (Fsp3) is 0.600. The predicted octanol–water partition coefficient (Wildman–Crippen LogP) is 1.30. The first-order chi connectivity index (χ1) is 6.82. The van der Waals surface area contributed by atoms with E-state index in [1.807, 2.05) is 13.8 Å². The maximum Gasteiger partial charge on any atom is 0.240 e. The zero-order valence-electron chi connectivity index (χ0n) is 9.05. The molecule has 2 amide bonds. The van der Waals surface area contributed by atoms with Crippen molar-refractivity contribution in [1.82, 2.24) is 5.32 Å². The Labute approximate surface area is 98.4 Å². The molecule has 0 aromatic heterocycles. The van der Waals surface area contributed by atoms with Gasteiger partial charge in [0.1, 0.15) is 6.04 Å². The molecule has 0 heterocycles. The van der Waals surface area contributed by atoms with E-state index < -0.39 is 11.9 Å². The molecule has 3 N–H and O–H groups in total. The zero-order valence-corrected chi connectivity index (χ0v) is 10.6. The van der Waals surface area contributed by atoms with E-state index in [2.05, 4.69) is 27.8 Å². The first-order valence-electron chi connectivity index (χ1n) is 4.75. The van der Waals surface area contributed by atoms with Crippen LogP contribution in [0.4, 0.5) is 0 Å². The standard InChI is InChI=1S/C10H17BrN2O2/c1-6(2)4-9(14)13-8(10(12)15)5-7(3)11/h6,8H,3-5H2,1-2H3,(H2,12,15)(H,13,14)/t8-/m0/s1. The van der Waals surface area contributed by atoms with Crippen molar-refractivity contribution in [3.05, 3.63) is 11.1 Å². The van der Waals surface area contributed by atoms with Gasteiger partial charge in [0.25, 0.3) is 0 Å². The lowest BCUT2D eigenvalue weighted by atomic mass is 10.1. The first kappa shape index (κ1) is 14.2. The summed E-state index contributed by atoms with van der Waals surface area (Å²) >= 11 is 3.13. The highest BCUT2D eigenvalue weighted by Crippen LogP contribution is 2.10. The molecule has 0 saturated carbocycles. The fourth-order valence-corrected chi connectivity index (χ4v) is 1.39. The van der Waals surface area contributed by atoms with Crippen molar-refractivity contribution in [3.8, 4) is 0 Å². The molecule has 0 fully saturated rings. The molecule has 1 atom stereocenters. The van der Waals surface area contributed by atoms with Crippen LogP contribution in [0.3, 0.4) is 0 Å². The SMILES string of the molecule is C=C(Br)C[C@H](NC(=O)CC(C)C)C(N)=O. The Balaban J connectivity index is 4.22. The van der Waals surface area contributed by atoms with Gasteiger partial charge in [0.15, 0.2) is 0 Å². The molecule has 0 aliphatic rings. The average molecular weight is 277 g/mol. The third kappa shape index (κ3) is 7.13. The van der Waals surface area contributed by atoms with Crippen molar-refractivity contribution in [2.24, 2.45) is 11.7 Å². The number of hydrogen-bond acceptors (Lipinski definition) is 2. The minimum Gasteiger partial charge on any atom is -0.368 e. The largest absolute Gasteiger partial charge is 0.368 e. The average Bonchev–Trinajstić information content (AvgIpc) is 1.99. The molecule has 0 spiro atoms. The van der Waals surface area contributed by atoms with Gasteiger partial charge in [-0.2, -0.15) is 0 Å². The molecule has 0 aliphatic carbocycles. The second-order valence-corrected chi connectivity index (χ2v) is 4.96. The molecule has 0 bridgehead atoms. The van der Waals surface area contributed by atoms with Gasteiger partial charge >= 0.3 is 0 Å². The number of amides is 2. The maximum absolute atomic E-state index is 11.4. The molecule has 0 saturated heterocycles. The van der Waals surface area contributed by atoms with Gasteiger partial charge < -0.3 is 11.1 Å². The van der Waals surface area contributed by atoms with Crippen LogP contribution in [0.25, 0.3) is 0 Å². The van der Waals surface area contributed by atoms with E-state index in [9.17, 15) is 9.59 Å². The molecule has 5 heteroatoms. The molecule has 0 unspecified atom stereocenters. The summed E-state index contributed by atoms with van der Waals surface area (Å²) in [5, 5.41) is 2.57. The minimum atomic E-state index is -0.678. The summed E-state index contributed by atoms with van der Waals surface area (Å²) in [4.78, 5) is 22.4. The fourth-order valence-electron chi connectivity index (χ4n) is 1.07. The van der Waals surface area contributed by atoms with Crippen molar-refractivity contribution in [1.29, 1.82) is 0 Å². The molecule has 15 heavy (non-hydrogen) atoms. The number of nitrogens with two attached hydrogens (primary N) is 1. The van der Waals surface area contributed by atoms with Crippen LogP contribution in [-0.2, 0) is 9.59 Å². The summed E-state index contributed by atoms with van der Waals surface area (Å²) in [5.74, 6) is -0.457. The van der Waals surface area contributed by atoms with E-state index >= 15 is 0 Å². The van der Waals surface area contributed by atoms with Crippen molar-refractivity contribution < 1.29 is 9.59 Å². The van der Waals surface area contributed by atoms with Gasteiger partial charge in [-0.25, -0.2) is 0 Å². The quantitative estimate of drug-likeness (QED) is 0.768. The van der Waals surface area contributed by atoms with E-state index in [1.54, 1.807) is 0 Å². The van der Waals surface area contributed by atoms with Gasteiger partial charge in [0, 0.05) is 12.8 Å². The van der Waals surface area contributed by atoms with E-state index in [4.69, 9.17) is 5.73 Å². The highest BCUT2D eigenvalue weighted by atomic mass is 79.9. The monoisotopic (exact) mass is 276 g/mol. The van der Waals surface area contributed by atoms with Crippen LogP contribution in [0.5, 0.6) is 0 Å². The van der Waals surface area contributed by atoms with Crippen LogP contribution >= 0.6 is 15.9 Å². The molecule has 0 aromatic rings. The summed E-state index contributed by atoms with van der Waals surface area (Å²) in [5.41, 5.74) is 5.15. The minimum absolute atomic E-state index is 0.164. The van der Waals surface area contributed by atoms with Crippen LogP contribution in [0, 0.1) is 5.92 Å². The number of carbonyl (C=O) groups excluding carboxylic acids is 2. The molecule has 0 aliphatic heterocycles. The second kappa shape index (κ2) is 6.61. The van der Waals surface area contributed by atoms with Gasteiger partial charge in [0.2, 0.25) is 11.8 Å². The summed E-state index contributed by atoms with van der Waals surface area (Å²) in [6.07, 6.45) is 0.706. The summed E-state index contributed by atoms with van der Waals surface area (Å²) in [6, 6.07) is -0.678. The number of carbonyl (C=O) groups is 2. The number of hydrogen-bond donors (Lipinski definition) is 2. The Morgan fingerprint density at radius 3 is 2.27 bits per heavy atom. The van der Waals surface area contributed by atoms with E-state index in [1.165, 1.54) is 0 Å². The maximum atomic E-state index is 11.4. The Morgan fingerprint density at radius 2 is 1.93 bits per heavy atom. The lowest BCUT2D eigenvalue weighted by Crippen LogP contribution is -2.44. The van der Waals surface area contributed by atoms with Crippen LogP contribution in [0.1, 0.15) is 26.7 Å². The highest BCUT2D eigenvalue weighted by molar-refractivity contribution is 9.11. The van der Waals surface area contributed by atoms with Gasteiger partial charge in [-0.3, -0.25) is 9.59 Å². The van der Waals surface area contributed by atoms with Crippen molar-refractivity contribution in [3.63, 3.8) is 0 Å². The third-order valence-electron chi connectivity index (χ3n) is 1.70. The molecule has 0 aromatic carbocycles. The first-order valence-corrected chi connectivity index (χ1v) is 5.54. The lowest BCUT2D eigenvalue weighted by molar-refractivity contribution is -0.127. The number of rotatable bonds is 6. The normalized spacial score (nSPS) is 12.3. The Bertz CT molecular complexity index is 264. The lowest BCUT2D eigenvalue weighted by Gasteiger charge is -2.15. The predicted molar refractivity (Wildman–Crippen MR) is 63.3 cm³/mol. The van der Waals surface area contributed by atoms with Gasteiger partial charge in [-0.15, -0.1) is 0 Å². The van der Waals surface area contributed by atoms with Gasteiger partial charge in [-0.05, 0) is 10.4 Å². The smallest absolute Gasteiger partial charge is 0.240 e. The van der Waals surface area contributed by atoms with Gasteiger partial charge in [0.05, 0.1) is 0 Å².